The fourth-order valence-corrected chi connectivity index (χ4v) is 5.28. The summed E-state index contributed by atoms with van der Waals surface area (Å²) in [6, 6.07) is 19.7. The molecule has 176 valence electrons. The van der Waals surface area contributed by atoms with E-state index in [0.717, 1.165) is 40.2 Å². The number of hydrogen-bond donors (Lipinski definition) is 0. The van der Waals surface area contributed by atoms with Crippen LogP contribution in [0.15, 0.2) is 77.8 Å². The first-order valence-electron chi connectivity index (χ1n) is 11.3. The van der Waals surface area contributed by atoms with Crippen molar-refractivity contribution < 1.29 is 14.0 Å². The summed E-state index contributed by atoms with van der Waals surface area (Å²) in [4.78, 5) is 27.3. The van der Waals surface area contributed by atoms with Crippen molar-refractivity contribution in [3.05, 3.63) is 111 Å². The molecule has 0 spiro atoms. The van der Waals surface area contributed by atoms with E-state index in [0.29, 0.717) is 22.0 Å². The highest BCUT2D eigenvalue weighted by atomic mass is 35.5. The van der Waals surface area contributed by atoms with Crippen molar-refractivity contribution in [2.75, 3.05) is 0 Å². The first-order chi connectivity index (χ1) is 16.9. The molecule has 0 saturated carbocycles. The number of para-hydroxylation sites is 1. The minimum atomic E-state index is -0.357. The molecule has 3 aromatic carbocycles. The van der Waals surface area contributed by atoms with E-state index in [9.17, 15) is 14.0 Å². The van der Waals surface area contributed by atoms with Crippen LogP contribution in [0.1, 0.15) is 29.2 Å². The highest BCUT2D eigenvalue weighted by Crippen LogP contribution is 2.36. The summed E-state index contributed by atoms with van der Waals surface area (Å²) < 4.78 is 15.4. The molecular weight excluding hydrogens is 483 g/mol. The molecular formula is C28H22ClFN2O2S. The van der Waals surface area contributed by atoms with Gasteiger partial charge in [-0.25, -0.2) is 4.39 Å². The summed E-state index contributed by atoms with van der Waals surface area (Å²) in [7, 11) is 0. The van der Waals surface area contributed by atoms with Gasteiger partial charge < -0.3 is 4.57 Å². The molecule has 0 bridgehead atoms. The average Bonchev–Trinajstić information content (AvgIpc) is 3.33. The maximum atomic E-state index is 13.2. The monoisotopic (exact) mass is 504 g/mol. The lowest BCUT2D eigenvalue weighted by molar-refractivity contribution is -0.123. The van der Waals surface area contributed by atoms with Crippen molar-refractivity contribution in [1.29, 1.82) is 0 Å². The number of rotatable bonds is 6. The Bertz CT molecular complexity index is 1460. The van der Waals surface area contributed by atoms with E-state index in [4.69, 9.17) is 11.6 Å². The van der Waals surface area contributed by atoms with Gasteiger partial charge in [-0.05, 0) is 65.2 Å². The van der Waals surface area contributed by atoms with Crippen LogP contribution in [0, 0.1) is 5.82 Å². The van der Waals surface area contributed by atoms with E-state index in [2.05, 4.69) is 17.6 Å². The smallest absolute Gasteiger partial charge is 0.293 e. The van der Waals surface area contributed by atoms with E-state index >= 15 is 0 Å². The lowest BCUT2D eigenvalue weighted by Crippen LogP contribution is -2.27. The topological polar surface area (TPSA) is 42.3 Å². The molecule has 0 aliphatic carbocycles. The van der Waals surface area contributed by atoms with Crippen LogP contribution >= 0.6 is 23.4 Å². The molecule has 4 nitrogen and oxygen atoms in total. The number of aryl methyl sites for hydroxylation is 1. The van der Waals surface area contributed by atoms with Crippen LogP contribution < -0.4 is 0 Å². The minimum Gasteiger partial charge on any atom is -0.342 e. The Morgan fingerprint density at radius 2 is 1.63 bits per heavy atom. The molecule has 0 N–H and O–H groups in total. The van der Waals surface area contributed by atoms with Gasteiger partial charge >= 0.3 is 0 Å². The second-order valence-electron chi connectivity index (χ2n) is 8.40. The van der Waals surface area contributed by atoms with Gasteiger partial charge in [-0.3, -0.25) is 14.5 Å². The number of hydrogen-bond acceptors (Lipinski definition) is 3. The van der Waals surface area contributed by atoms with Gasteiger partial charge in [0.25, 0.3) is 11.1 Å². The van der Waals surface area contributed by atoms with Crippen LogP contribution in [-0.2, 0) is 24.3 Å². The molecule has 0 atom stereocenters. The van der Waals surface area contributed by atoms with Crippen molar-refractivity contribution in [2.24, 2.45) is 0 Å². The zero-order valence-corrected chi connectivity index (χ0v) is 20.6. The van der Waals surface area contributed by atoms with E-state index in [1.165, 1.54) is 22.6 Å². The van der Waals surface area contributed by atoms with Crippen LogP contribution in [0.3, 0.4) is 0 Å². The van der Waals surface area contributed by atoms with Crippen molar-refractivity contribution in [2.45, 2.75) is 26.4 Å². The molecule has 7 heteroatoms. The average molecular weight is 505 g/mol. The fourth-order valence-electron chi connectivity index (χ4n) is 4.33. The van der Waals surface area contributed by atoms with Crippen LogP contribution in [0.2, 0.25) is 5.02 Å². The molecule has 5 rings (SSSR count). The molecule has 2 amide bonds. The third kappa shape index (κ3) is 4.77. The SMILES string of the molecule is CCc1cccc2c(/C=C3\SC(=O)N(Cc4ccc(F)cc4)C3=O)cn(Cc3ccc(Cl)cc3)c12. The summed E-state index contributed by atoms with van der Waals surface area (Å²) in [5.41, 5.74) is 5.02. The summed E-state index contributed by atoms with van der Waals surface area (Å²) in [5, 5.41) is 1.39. The second kappa shape index (κ2) is 9.72. The van der Waals surface area contributed by atoms with Gasteiger partial charge in [0.1, 0.15) is 5.82 Å². The standard InChI is InChI=1S/C28H22ClFN2O2S/c1-2-20-4-3-5-24-21(17-31(26(20)24)15-18-6-10-22(29)11-7-18)14-25-27(33)32(28(34)35-25)16-19-8-12-23(30)13-9-19/h3-14,17H,2,15-16H2,1H3/b25-14-. The number of carbonyl (C=O) groups is 2. The van der Waals surface area contributed by atoms with Gasteiger partial charge in [0.15, 0.2) is 0 Å². The maximum Gasteiger partial charge on any atom is 0.293 e. The molecule has 1 saturated heterocycles. The van der Waals surface area contributed by atoms with Crippen molar-refractivity contribution in [3.8, 4) is 0 Å². The zero-order valence-electron chi connectivity index (χ0n) is 19.0. The molecule has 0 radical (unpaired) electrons. The van der Waals surface area contributed by atoms with Crippen LogP contribution in [-0.4, -0.2) is 20.6 Å². The van der Waals surface area contributed by atoms with E-state index < -0.39 is 0 Å². The molecule has 1 aliphatic heterocycles. The maximum absolute atomic E-state index is 13.2. The summed E-state index contributed by atoms with van der Waals surface area (Å²) >= 11 is 6.99. The number of amides is 2. The Morgan fingerprint density at radius 3 is 2.34 bits per heavy atom. The first kappa shape index (κ1) is 23.4. The van der Waals surface area contributed by atoms with Crippen molar-refractivity contribution in [3.63, 3.8) is 0 Å². The summed E-state index contributed by atoms with van der Waals surface area (Å²) in [5.74, 6) is -0.696. The molecule has 2 heterocycles. The third-order valence-electron chi connectivity index (χ3n) is 6.07. The highest BCUT2D eigenvalue weighted by molar-refractivity contribution is 8.18. The van der Waals surface area contributed by atoms with Crippen LogP contribution in [0.25, 0.3) is 17.0 Å². The van der Waals surface area contributed by atoms with Gasteiger partial charge in [0.05, 0.1) is 17.0 Å². The predicted octanol–water partition coefficient (Wildman–Crippen LogP) is 7.28. The number of thioether (sulfide) groups is 1. The van der Waals surface area contributed by atoms with Gasteiger partial charge in [-0.1, -0.05) is 61.0 Å². The van der Waals surface area contributed by atoms with Crippen LogP contribution in [0.5, 0.6) is 0 Å². The first-order valence-corrected chi connectivity index (χ1v) is 12.5. The molecule has 4 aromatic rings. The molecule has 1 aliphatic rings. The number of fused-ring (bicyclic) bond motifs is 1. The van der Waals surface area contributed by atoms with Gasteiger partial charge in [0.2, 0.25) is 0 Å². The molecule has 1 aromatic heterocycles. The van der Waals surface area contributed by atoms with E-state index in [1.807, 2.05) is 42.6 Å². The molecule has 1 fully saturated rings. The Morgan fingerprint density at radius 1 is 0.943 bits per heavy atom. The molecule has 0 unspecified atom stereocenters. The Kier molecular flexibility index (Phi) is 6.50. The number of carbonyl (C=O) groups excluding carboxylic acids is 2. The highest BCUT2D eigenvalue weighted by Gasteiger charge is 2.35. The third-order valence-corrected chi connectivity index (χ3v) is 7.23. The van der Waals surface area contributed by atoms with Gasteiger partial charge in [0, 0.05) is 28.7 Å². The Balaban J connectivity index is 1.50. The number of benzene rings is 3. The number of imide groups is 1. The van der Waals surface area contributed by atoms with E-state index in [-0.39, 0.29) is 23.5 Å². The molecule has 35 heavy (non-hydrogen) atoms. The lowest BCUT2D eigenvalue weighted by atomic mass is 10.1. The Labute approximate surface area is 212 Å². The quantitative estimate of drug-likeness (QED) is 0.259. The second-order valence-corrected chi connectivity index (χ2v) is 9.83. The fraction of sp³-hybridized carbons (Fsp3) is 0.143. The van der Waals surface area contributed by atoms with E-state index in [1.54, 1.807) is 18.2 Å². The van der Waals surface area contributed by atoms with Gasteiger partial charge in [-0.15, -0.1) is 0 Å². The van der Waals surface area contributed by atoms with Crippen molar-refractivity contribution >= 4 is 51.5 Å². The zero-order chi connectivity index (χ0) is 24.5. The normalized spacial score (nSPS) is 15.1. The van der Waals surface area contributed by atoms with Crippen LogP contribution in [0.4, 0.5) is 9.18 Å². The number of halogens is 2. The number of nitrogens with zero attached hydrogens (tertiary/aromatic N) is 2. The van der Waals surface area contributed by atoms with Crippen molar-refractivity contribution in [1.82, 2.24) is 9.47 Å². The Hall–Kier alpha value is -3.35. The minimum absolute atomic E-state index is 0.112. The summed E-state index contributed by atoms with van der Waals surface area (Å²) in [6.07, 6.45) is 4.71. The largest absolute Gasteiger partial charge is 0.342 e. The van der Waals surface area contributed by atoms with Gasteiger partial charge in [-0.2, -0.15) is 0 Å². The predicted molar refractivity (Wildman–Crippen MR) is 140 cm³/mol. The number of aromatic nitrogens is 1. The summed E-state index contributed by atoms with van der Waals surface area (Å²) in [6.45, 7) is 2.89. The lowest BCUT2D eigenvalue weighted by Gasteiger charge is -2.12.